The van der Waals surface area contributed by atoms with Gasteiger partial charge in [-0.15, -0.1) is 0 Å². The summed E-state index contributed by atoms with van der Waals surface area (Å²) in [6.45, 7) is 9.43. The quantitative estimate of drug-likeness (QED) is 0.0572. The molecule has 3 aromatic carbocycles. The normalized spacial score (nSPS) is 12.6. The van der Waals surface area contributed by atoms with Crippen molar-refractivity contribution in [3.8, 4) is 9.86 Å². The molecule has 3 rings (SSSR count). The number of hydrogen-bond acceptors (Lipinski definition) is 2. The first-order valence-electron chi connectivity index (χ1n) is 16.7. The van der Waals surface area contributed by atoms with Gasteiger partial charge in [0.2, 0.25) is 0 Å². The number of nitrogens with zero attached hydrogens (tertiary/aromatic N) is 1. The summed E-state index contributed by atoms with van der Waals surface area (Å²) in [5.74, 6) is 4.10. The third-order valence-electron chi connectivity index (χ3n) is 8.35. The van der Waals surface area contributed by atoms with Crippen LogP contribution >= 0.6 is 0 Å². The molecule has 0 N–H and O–H groups in total. The molecule has 0 bridgehead atoms. The average molecular weight is 834 g/mol. The van der Waals surface area contributed by atoms with Crippen molar-refractivity contribution in [1.82, 2.24) is 2.52 Å². The molecule has 0 aliphatic carbocycles. The molecule has 0 saturated carbocycles. The molecule has 0 aliphatic rings. The van der Waals surface area contributed by atoms with E-state index in [9.17, 15) is 8.42 Å². The molecule has 0 spiro atoms. The van der Waals surface area contributed by atoms with Gasteiger partial charge in [-0.2, -0.15) is 0 Å². The first-order valence-corrected chi connectivity index (χ1v) is 27.6. The summed E-state index contributed by atoms with van der Waals surface area (Å²) >= 11 is -3.54. The molecule has 1 unspecified atom stereocenters. The van der Waals surface area contributed by atoms with E-state index < -0.39 is 49.9 Å². The second-order valence-electron chi connectivity index (χ2n) is 12.1. The van der Waals surface area contributed by atoms with Gasteiger partial charge in [0.15, 0.2) is 0 Å². The van der Waals surface area contributed by atoms with Crippen molar-refractivity contribution < 1.29 is 29.9 Å². The molecular formula is C38H53INO2SSn+. The van der Waals surface area contributed by atoms with Crippen LogP contribution in [0, 0.1) is 26.3 Å². The first-order chi connectivity index (χ1) is 21.3. The summed E-state index contributed by atoms with van der Waals surface area (Å²) in [7, 11) is -3.61. The fourth-order valence-electron chi connectivity index (χ4n) is 5.51. The van der Waals surface area contributed by atoms with Crippen molar-refractivity contribution in [2.45, 2.75) is 104 Å². The van der Waals surface area contributed by atoms with E-state index in [1.165, 1.54) is 57.4 Å². The SMILES string of the molecule is CCC[CH2][Sn]([C]#CC(CCc1ccccc1)CCN([I+]c1ccccc1)S(=O)(=O)c1ccc(C)cc1)([CH2]CCC)[CH2]CCC. The Morgan fingerprint density at radius 1 is 0.750 bits per heavy atom. The first kappa shape index (κ1) is 37.1. The van der Waals surface area contributed by atoms with Gasteiger partial charge in [-0.1, -0.05) is 0 Å². The van der Waals surface area contributed by atoms with E-state index in [0.29, 0.717) is 11.4 Å². The Morgan fingerprint density at radius 2 is 1.30 bits per heavy atom. The van der Waals surface area contributed by atoms with Gasteiger partial charge in [-0.25, -0.2) is 0 Å². The average Bonchev–Trinajstić information content (AvgIpc) is 3.05. The standard InChI is InChI=1S/C26H26INO2S.3C4H9.Sn/c1-3-23(16-17-24-10-6-4-7-11-24)20-21-28(27-25-12-8-5-9-13-25)31(29,30)26-18-14-22(2)15-19-26;3*1-3-4-2;/h4-15,18-19,23H,16-17,20-21H2,2H3;3*1,3-4H2,2H3;/q+1;;;;. The molecule has 6 heteroatoms. The second kappa shape index (κ2) is 20.0. The number of sulfonamides is 1. The number of benzene rings is 3. The van der Waals surface area contributed by atoms with E-state index in [2.05, 4.69) is 73.1 Å². The fraction of sp³-hybridized carbons (Fsp3) is 0.474. The van der Waals surface area contributed by atoms with Gasteiger partial charge in [-0.05, 0) is 0 Å². The fourth-order valence-corrected chi connectivity index (χ4v) is 24.0. The van der Waals surface area contributed by atoms with E-state index in [1.54, 1.807) is 14.7 Å². The Morgan fingerprint density at radius 3 is 1.84 bits per heavy atom. The molecule has 0 radical (unpaired) electrons. The monoisotopic (exact) mass is 834 g/mol. The van der Waals surface area contributed by atoms with Crippen LogP contribution in [-0.4, -0.2) is 35.9 Å². The predicted octanol–water partition coefficient (Wildman–Crippen LogP) is 6.89. The van der Waals surface area contributed by atoms with Crippen molar-refractivity contribution in [3.05, 3.63) is 99.6 Å². The summed E-state index contributed by atoms with van der Waals surface area (Å²) < 4.78 is 39.2. The third kappa shape index (κ3) is 12.5. The second-order valence-corrected chi connectivity index (χ2v) is 29.8. The third-order valence-corrected chi connectivity index (χ3v) is 27.4. The number of halogens is 1. The van der Waals surface area contributed by atoms with E-state index in [4.69, 9.17) is 0 Å². The van der Waals surface area contributed by atoms with E-state index >= 15 is 0 Å². The molecule has 1 atom stereocenters. The summed E-state index contributed by atoms with van der Waals surface area (Å²) in [6.07, 6.45) is 10.3. The van der Waals surface area contributed by atoms with Gasteiger partial charge < -0.3 is 0 Å². The van der Waals surface area contributed by atoms with Crippen LogP contribution in [0.4, 0.5) is 0 Å². The van der Waals surface area contributed by atoms with Crippen molar-refractivity contribution in [3.63, 3.8) is 0 Å². The van der Waals surface area contributed by atoms with Gasteiger partial charge in [-0.3, -0.25) is 0 Å². The molecule has 0 aliphatic heterocycles. The Kier molecular flexibility index (Phi) is 16.9. The minimum absolute atomic E-state index is 0.187. The van der Waals surface area contributed by atoms with Crippen molar-refractivity contribution in [1.29, 1.82) is 0 Å². The van der Waals surface area contributed by atoms with Crippen molar-refractivity contribution >= 4 is 28.4 Å². The van der Waals surface area contributed by atoms with Crippen LogP contribution in [0.2, 0.25) is 13.3 Å². The Hall–Kier alpha value is -1.34. The molecule has 0 heterocycles. The van der Waals surface area contributed by atoms with Crippen molar-refractivity contribution in [2.24, 2.45) is 5.92 Å². The Bertz CT molecular complexity index is 1360. The van der Waals surface area contributed by atoms with Gasteiger partial charge in [0.25, 0.3) is 0 Å². The zero-order chi connectivity index (χ0) is 31.7. The maximum absolute atomic E-state index is 14.0. The number of unbranched alkanes of at least 4 members (excludes halogenated alkanes) is 3. The van der Waals surface area contributed by atoms with Crippen molar-refractivity contribution in [2.75, 3.05) is 6.54 Å². The topological polar surface area (TPSA) is 37.4 Å². The van der Waals surface area contributed by atoms with Gasteiger partial charge >= 0.3 is 286 Å². The molecule has 0 amide bonds. The van der Waals surface area contributed by atoms with E-state index in [-0.39, 0.29) is 5.92 Å². The Balaban J connectivity index is 1.94. The van der Waals surface area contributed by atoms with Crippen LogP contribution < -0.4 is 21.5 Å². The molecule has 3 aromatic rings. The molecule has 238 valence electrons. The van der Waals surface area contributed by atoms with Crippen LogP contribution in [0.3, 0.4) is 0 Å². The van der Waals surface area contributed by atoms with Crippen LogP contribution in [0.1, 0.15) is 83.3 Å². The van der Waals surface area contributed by atoms with E-state index in [1.807, 2.05) is 37.3 Å². The summed E-state index contributed by atoms with van der Waals surface area (Å²) in [6, 6.07) is 28.2. The van der Waals surface area contributed by atoms with Gasteiger partial charge in [0, 0.05) is 0 Å². The molecule has 0 saturated heterocycles. The van der Waals surface area contributed by atoms with E-state index in [0.717, 1.165) is 28.4 Å². The van der Waals surface area contributed by atoms with Gasteiger partial charge in [0.1, 0.15) is 0 Å². The van der Waals surface area contributed by atoms with Crippen LogP contribution in [0.15, 0.2) is 89.8 Å². The summed E-state index contributed by atoms with van der Waals surface area (Å²) in [5.41, 5.74) is 2.39. The zero-order valence-corrected chi connectivity index (χ0v) is 33.2. The molecular weight excluding hydrogens is 780 g/mol. The van der Waals surface area contributed by atoms with Gasteiger partial charge in [0.05, 0.1) is 0 Å². The molecule has 44 heavy (non-hydrogen) atoms. The summed E-state index contributed by atoms with van der Waals surface area (Å²) in [5, 5.41) is 0. The van der Waals surface area contributed by atoms with Crippen LogP contribution in [0.5, 0.6) is 0 Å². The number of hydrogen-bond donors (Lipinski definition) is 0. The zero-order valence-electron chi connectivity index (χ0n) is 27.4. The van der Waals surface area contributed by atoms with Crippen LogP contribution in [-0.2, 0) is 16.4 Å². The summed E-state index contributed by atoms with van der Waals surface area (Å²) in [4.78, 5) is 0.388. The molecule has 0 aromatic heterocycles. The maximum atomic E-state index is 14.0. The van der Waals surface area contributed by atoms with Crippen LogP contribution in [0.25, 0.3) is 0 Å². The number of aryl methyl sites for hydroxylation is 2. The molecule has 3 nitrogen and oxygen atoms in total. The minimum atomic E-state index is -3.61. The predicted molar refractivity (Wildman–Crippen MR) is 186 cm³/mol. The number of rotatable bonds is 19. The Labute approximate surface area is 284 Å². The molecule has 0 fully saturated rings.